The lowest BCUT2D eigenvalue weighted by molar-refractivity contribution is 0.209. The summed E-state index contributed by atoms with van der Waals surface area (Å²) < 4.78 is 18.3. The molecule has 0 bridgehead atoms. The largest absolute Gasteiger partial charge is 0.490 e. The summed E-state index contributed by atoms with van der Waals surface area (Å²) in [7, 11) is 0. The van der Waals surface area contributed by atoms with Gasteiger partial charge >= 0.3 is 6.09 Å². The molecule has 1 aliphatic heterocycles. The van der Waals surface area contributed by atoms with E-state index in [2.05, 4.69) is 5.32 Å². The molecule has 0 fully saturated rings. The number of halogens is 1. The van der Waals surface area contributed by atoms with E-state index in [1.807, 2.05) is 0 Å². The number of carbonyl (C=O) groups is 1. The van der Waals surface area contributed by atoms with Crippen molar-refractivity contribution in [3.63, 3.8) is 0 Å². The van der Waals surface area contributed by atoms with Gasteiger partial charge in [0.25, 0.3) is 0 Å². The molecule has 0 saturated heterocycles. The minimum absolute atomic E-state index is 0.235. The summed E-state index contributed by atoms with van der Waals surface area (Å²) in [6.45, 7) is 0.447. The Kier molecular flexibility index (Phi) is 1.99. The second kappa shape index (κ2) is 3.17. The molecule has 1 aromatic carbocycles. The van der Waals surface area contributed by atoms with Gasteiger partial charge in [-0.25, -0.2) is 9.18 Å². The van der Waals surface area contributed by atoms with Crippen LogP contribution in [0.25, 0.3) is 0 Å². The molecule has 1 amide bonds. The molecule has 0 aromatic heterocycles. The number of hydrogen-bond donors (Lipinski definition) is 2. The Morgan fingerprint density at radius 2 is 2.36 bits per heavy atom. The van der Waals surface area contributed by atoms with Crippen molar-refractivity contribution in [2.45, 2.75) is 6.42 Å². The van der Waals surface area contributed by atoms with Crippen molar-refractivity contribution < 1.29 is 19.0 Å². The number of anilines is 1. The fourth-order valence-corrected chi connectivity index (χ4v) is 1.46. The van der Waals surface area contributed by atoms with Crippen LogP contribution in [0.2, 0.25) is 0 Å². The van der Waals surface area contributed by atoms with E-state index >= 15 is 0 Å². The first-order valence-electron chi connectivity index (χ1n) is 4.12. The topological polar surface area (TPSA) is 58.6 Å². The smallest absolute Gasteiger partial charge is 0.409 e. The second-order valence-electron chi connectivity index (χ2n) is 2.97. The van der Waals surface area contributed by atoms with Crippen LogP contribution in [-0.2, 0) is 6.42 Å². The number of rotatable bonds is 1. The second-order valence-corrected chi connectivity index (χ2v) is 2.97. The van der Waals surface area contributed by atoms with E-state index in [-0.39, 0.29) is 11.4 Å². The molecule has 0 radical (unpaired) electrons. The third-order valence-electron chi connectivity index (χ3n) is 1.99. The third-order valence-corrected chi connectivity index (χ3v) is 1.99. The van der Waals surface area contributed by atoms with Crippen molar-refractivity contribution in [2.24, 2.45) is 0 Å². The Labute approximate surface area is 79.3 Å². The van der Waals surface area contributed by atoms with Crippen molar-refractivity contribution in [3.05, 3.63) is 23.5 Å². The average molecular weight is 197 g/mol. The molecular weight excluding hydrogens is 189 g/mol. The Morgan fingerprint density at radius 3 is 3.07 bits per heavy atom. The van der Waals surface area contributed by atoms with Gasteiger partial charge in [-0.3, -0.25) is 5.32 Å². The quantitative estimate of drug-likeness (QED) is 0.722. The van der Waals surface area contributed by atoms with Gasteiger partial charge in [-0.05, 0) is 6.07 Å². The Bertz CT molecular complexity index is 392. The van der Waals surface area contributed by atoms with Crippen LogP contribution in [0, 0.1) is 5.82 Å². The summed E-state index contributed by atoms with van der Waals surface area (Å²) >= 11 is 0. The fraction of sp³-hybridized carbons (Fsp3) is 0.222. The third kappa shape index (κ3) is 1.48. The number of ether oxygens (including phenoxy) is 1. The van der Waals surface area contributed by atoms with E-state index in [0.717, 1.165) is 6.07 Å². The molecular formula is C9H8FNO3. The normalized spacial score (nSPS) is 13.2. The van der Waals surface area contributed by atoms with Crippen molar-refractivity contribution in [2.75, 3.05) is 11.9 Å². The Balaban J connectivity index is 2.36. The van der Waals surface area contributed by atoms with Gasteiger partial charge in [-0.1, -0.05) is 0 Å². The molecule has 74 valence electrons. The lowest BCUT2D eigenvalue weighted by Crippen LogP contribution is -2.07. The van der Waals surface area contributed by atoms with E-state index in [9.17, 15) is 9.18 Å². The predicted octanol–water partition coefficient (Wildman–Crippen LogP) is 1.85. The van der Waals surface area contributed by atoms with Crippen molar-refractivity contribution >= 4 is 11.8 Å². The maximum Gasteiger partial charge on any atom is 0.409 e. The minimum atomic E-state index is -1.21. The van der Waals surface area contributed by atoms with Crippen LogP contribution in [0.4, 0.5) is 14.9 Å². The number of nitrogens with one attached hydrogen (secondary N) is 1. The summed E-state index contributed by atoms with van der Waals surface area (Å²) in [6, 6.07) is 2.69. The summed E-state index contributed by atoms with van der Waals surface area (Å²) in [5.74, 6) is -0.287. The molecule has 0 unspecified atom stereocenters. The number of benzene rings is 1. The first-order chi connectivity index (χ1) is 6.66. The minimum Gasteiger partial charge on any atom is -0.490 e. The van der Waals surface area contributed by atoms with Gasteiger partial charge in [0.05, 0.1) is 6.61 Å². The zero-order valence-electron chi connectivity index (χ0n) is 7.21. The predicted molar refractivity (Wildman–Crippen MR) is 47.2 cm³/mol. The van der Waals surface area contributed by atoms with Crippen LogP contribution >= 0.6 is 0 Å². The molecule has 1 heterocycles. The van der Waals surface area contributed by atoms with Gasteiger partial charge in [0, 0.05) is 23.7 Å². The molecule has 14 heavy (non-hydrogen) atoms. The monoisotopic (exact) mass is 197 g/mol. The number of hydrogen-bond acceptors (Lipinski definition) is 2. The van der Waals surface area contributed by atoms with E-state index < -0.39 is 11.9 Å². The summed E-state index contributed by atoms with van der Waals surface area (Å²) in [5.41, 5.74) is 0.938. The van der Waals surface area contributed by atoms with Gasteiger partial charge in [0.2, 0.25) is 0 Å². The molecule has 0 atom stereocenters. The standard InChI is InChI=1S/C9H8FNO3/c10-7-4-6(11-9(12)13)3-5-1-2-14-8(5)7/h3-4,11H,1-2H2,(H,12,13). The van der Waals surface area contributed by atoms with Gasteiger partial charge in [-0.2, -0.15) is 0 Å². The van der Waals surface area contributed by atoms with Gasteiger partial charge in [0.15, 0.2) is 11.6 Å². The number of amides is 1. The molecule has 0 spiro atoms. The molecule has 2 rings (SSSR count). The van der Waals surface area contributed by atoms with Gasteiger partial charge in [0.1, 0.15) is 0 Å². The molecule has 0 aliphatic carbocycles. The molecule has 0 saturated carbocycles. The number of carboxylic acid groups (broad SMARTS) is 1. The number of fused-ring (bicyclic) bond motifs is 1. The van der Waals surface area contributed by atoms with Crippen LogP contribution in [0.15, 0.2) is 12.1 Å². The highest BCUT2D eigenvalue weighted by Gasteiger charge is 2.18. The first kappa shape index (κ1) is 8.80. The van der Waals surface area contributed by atoms with Crippen LogP contribution < -0.4 is 10.1 Å². The lowest BCUT2D eigenvalue weighted by atomic mass is 10.1. The van der Waals surface area contributed by atoms with Crippen LogP contribution in [0.3, 0.4) is 0 Å². The van der Waals surface area contributed by atoms with E-state index in [0.29, 0.717) is 18.6 Å². The maximum atomic E-state index is 13.2. The Hall–Kier alpha value is -1.78. The highest BCUT2D eigenvalue weighted by atomic mass is 19.1. The van der Waals surface area contributed by atoms with Crippen LogP contribution in [0.5, 0.6) is 5.75 Å². The van der Waals surface area contributed by atoms with E-state index in [1.54, 1.807) is 6.07 Å². The van der Waals surface area contributed by atoms with E-state index in [1.165, 1.54) is 0 Å². The summed E-state index contributed by atoms with van der Waals surface area (Å²) in [4.78, 5) is 10.3. The SMILES string of the molecule is O=C(O)Nc1cc(F)c2c(c1)CCO2. The van der Waals surface area contributed by atoms with Gasteiger partial charge < -0.3 is 9.84 Å². The van der Waals surface area contributed by atoms with Crippen LogP contribution in [0.1, 0.15) is 5.56 Å². The maximum absolute atomic E-state index is 13.2. The highest BCUT2D eigenvalue weighted by Crippen LogP contribution is 2.31. The molecule has 1 aromatic rings. The fourth-order valence-electron chi connectivity index (χ4n) is 1.46. The Morgan fingerprint density at radius 1 is 1.57 bits per heavy atom. The molecule has 5 heteroatoms. The summed E-state index contributed by atoms with van der Waals surface area (Å²) in [6.07, 6.45) is -0.593. The van der Waals surface area contributed by atoms with Crippen molar-refractivity contribution in [3.8, 4) is 5.75 Å². The average Bonchev–Trinajstić information content (AvgIpc) is 2.50. The van der Waals surface area contributed by atoms with Crippen molar-refractivity contribution in [1.29, 1.82) is 0 Å². The van der Waals surface area contributed by atoms with Gasteiger partial charge in [-0.15, -0.1) is 0 Å². The summed E-state index contributed by atoms with van der Waals surface area (Å²) in [5, 5.41) is 10.5. The van der Waals surface area contributed by atoms with E-state index in [4.69, 9.17) is 9.84 Å². The molecule has 1 aliphatic rings. The van der Waals surface area contributed by atoms with Crippen molar-refractivity contribution in [1.82, 2.24) is 0 Å². The van der Waals surface area contributed by atoms with Crippen LogP contribution in [-0.4, -0.2) is 17.8 Å². The first-order valence-corrected chi connectivity index (χ1v) is 4.12. The highest BCUT2D eigenvalue weighted by molar-refractivity contribution is 5.83. The molecule has 2 N–H and O–H groups in total. The molecule has 4 nitrogen and oxygen atoms in total. The zero-order valence-corrected chi connectivity index (χ0v) is 7.21. The lowest BCUT2D eigenvalue weighted by Gasteiger charge is -2.04. The zero-order chi connectivity index (χ0) is 10.1.